The van der Waals surface area contributed by atoms with E-state index in [9.17, 15) is 18.0 Å². The molecule has 1 atom stereocenters. The van der Waals surface area contributed by atoms with E-state index in [-0.39, 0.29) is 19.2 Å². The smallest absolute Gasteiger partial charge is 0.383 e. The Bertz CT molecular complexity index is 288. The molecule has 1 aliphatic rings. The molecule has 0 aromatic heterocycles. The van der Waals surface area contributed by atoms with Gasteiger partial charge in [-0.25, -0.2) is 0 Å². The Hall–Kier alpha value is -0.820. The average molecular weight is 254 g/mol. The number of nitrogens with zero attached hydrogens (tertiary/aromatic N) is 1. The lowest BCUT2D eigenvalue weighted by molar-refractivity contribution is -0.194. The van der Waals surface area contributed by atoms with Gasteiger partial charge in [0.05, 0.1) is 6.61 Å². The molecule has 7 heteroatoms. The SMILES string of the molecule is COCCN(C(=O)C(C)(N)C(F)(F)F)C1CC1. The van der Waals surface area contributed by atoms with E-state index >= 15 is 0 Å². The van der Waals surface area contributed by atoms with Crippen molar-refractivity contribution in [3.8, 4) is 0 Å². The van der Waals surface area contributed by atoms with Crippen molar-refractivity contribution in [3.63, 3.8) is 0 Å². The largest absolute Gasteiger partial charge is 0.415 e. The predicted octanol–water partition coefficient (Wildman–Crippen LogP) is 0.904. The number of methoxy groups -OCH3 is 1. The number of hydrogen-bond acceptors (Lipinski definition) is 3. The van der Waals surface area contributed by atoms with E-state index in [0.29, 0.717) is 6.92 Å². The van der Waals surface area contributed by atoms with Crippen molar-refractivity contribution in [2.24, 2.45) is 5.73 Å². The van der Waals surface area contributed by atoms with Gasteiger partial charge in [-0.05, 0) is 19.8 Å². The maximum absolute atomic E-state index is 12.6. The third-order valence-corrected chi connectivity index (χ3v) is 2.82. The second-order valence-corrected chi connectivity index (χ2v) is 4.42. The zero-order valence-corrected chi connectivity index (χ0v) is 9.88. The Labute approximate surface area is 97.9 Å². The average Bonchev–Trinajstić information content (AvgIpc) is 3.00. The van der Waals surface area contributed by atoms with Crippen molar-refractivity contribution in [2.75, 3.05) is 20.3 Å². The first-order valence-electron chi connectivity index (χ1n) is 5.37. The van der Waals surface area contributed by atoms with Crippen LogP contribution in [0.2, 0.25) is 0 Å². The molecule has 0 bridgehead atoms. The number of nitrogens with two attached hydrogens (primary N) is 1. The van der Waals surface area contributed by atoms with Crippen LogP contribution in [0.3, 0.4) is 0 Å². The fourth-order valence-electron chi connectivity index (χ4n) is 1.45. The number of alkyl halides is 3. The molecule has 0 heterocycles. The lowest BCUT2D eigenvalue weighted by Gasteiger charge is -2.33. The summed E-state index contributed by atoms with van der Waals surface area (Å²) < 4.78 is 42.7. The number of ether oxygens (including phenoxy) is 1. The van der Waals surface area contributed by atoms with Gasteiger partial charge in [-0.2, -0.15) is 13.2 Å². The summed E-state index contributed by atoms with van der Waals surface area (Å²) in [5.74, 6) is -1.08. The first kappa shape index (κ1) is 14.2. The Morgan fingerprint density at radius 3 is 2.35 bits per heavy atom. The highest BCUT2D eigenvalue weighted by atomic mass is 19.4. The number of rotatable bonds is 5. The van der Waals surface area contributed by atoms with Gasteiger partial charge in [0, 0.05) is 19.7 Å². The molecular weight excluding hydrogens is 237 g/mol. The molecule has 1 rings (SSSR count). The molecule has 4 nitrogen and oxygen atoms in total. The molecule has 1 amide bonds. The summed E-state index contributed by atoms with van der Waals surface area (Å²) in [4.78, 5) is 13.0. The van der Waals surface area contributed by atoms with Crippen molar-refractivity contribution in [3.05, 3.63) is 0 Å². The van der Waals surface area contributed by atoms with E-state index in [2.05, 4.69) is 0 Å². The number of amides is 1. The minimum atomic E-state index is -4.75. The van der Waals surface area contributed by atoms with Crippen molar-refractivity contribution in [1.29, 1.82) is 0 Å². The van der Waals surface area contributed by atoms with E-state index in [1.807, 2.05) is 0 Å². The summed E-state index contributed by atoms with van der Waals surface area (Å²) in [5, 5.41) is 0. The van der Waals surface area contributed by atoms with Gasteiger partial charge in [0.25, 0.3) is 5.91 Å². The molecule has 0 aliphatic heterocycles. The van der Waals surface area contributed by atoms with E-state index < -0.39 is 17.6 Å². The highest BCUT2D eigenvalue weighted by molar-refractivity contribution is 5.87. The molecule has 0 saturated heterocycles. The molecule has 1 unspecified atom stereocenters. The summed E-state index contributed by atoms with van der Waals surface area (Å²) in [5.41, 5.74) is 2.29. The first-order chi connectivity index (χ1) is 7.71. The fourth-order valence-corrected chi connectivity index (χ4v) is 1.45. The van der Waals surface area contributed by atoms with Crippen LogP contribution in [0, 0.1) is 0 Å². The summed E-state index contributed by atoms with van der Waals surface area (Å²) in [6.07, 6.45) is -3.29. The van der Waals surface area contributed by atoms with Crippen LogP contribution in [0.15, 0.2) is 0 Å². The molecule has 2 N–H and O–H groups in total. The molecule has 0 aromatic carbocycles. The van der Waals surface area contributed by atoms with Crippen LogP contribution in [0.4, 0.5) is 13.2 Å². The lowest BCUT2D eigenvalue weighted by Crippen LogP contribution is -2.62. The standard InChI is InChI=1S/C10H17F3N2O2/c1-9(14,10(11,12)13)8(16)15(5-6-17-2)7-3-4-7/h7H,3-6,14H2,1-2H3. The van der Waals surface area contributed by atoms with E-state index in [4.69, 9.17) is 10.5 Å². The molecule has 0 spiro atoms. The fraction of sp³-hybridized carbons (Fsp3) is 0.900. The van der Waals surface area contributed by atoms with E-state index in [1.54, 1.807) is 0 Å². The third-order valence-electron chi connectivity index (χ3n) is 2.82. The second-order valence-electron chi connectivity index (χ2n) is 4.42. The molecule has 1 fully saturated rings. The number of carbonyl (C=O) groups is 1. The van der Waals surface area contributed by atoms with Crippen molar-refractivity contribution < 1.29 is 22.7 Å². The van der Waals surface area contributed by atoms with Crippen molar-refractivity contribution >= 4 is 5.91 Å². The maximum atomic E-state index is 12.6. The van der Waals surface area contributed by atoms with Crippen LogP contribution in [-0.2, 0) is 9.53 Å². The normalized spacial score (nSPS) is 19.9. The highest BCUT2D eigenvalue weighted by Gasteiger charge is 2.56. The Kier molecular flexibility index (Phi) is 4.03. The molecule has 17 heavy (non-hydrogen) atoms. The van der Waals surface area contributed by atoms with Crippen LogP contribution >= 0.6 is 0 Å². The van der Waals surface area contributed by atoms with Gasteiger partial charge in [0.15, 0.2) is 5.54 Å². The first-order valence-corrected chi connectivity index (χ1v) is 5.37. The second kappa shape index (κ2) is 4.81. The lowest BCUT2D eigenvalue weighted by atomic mass is 10.0. The summed E-state index contributed by atoms with van der Waals surface area (Å²) in [6.45, 7) is 1.05. The van der Waals surface area contributed by atoms with E-state index in [0.717, 1.165) is 12.8 Å². The number of hydrogen-bond donors (Lipinski definition) is 1. The van der Waals surface area contributed by atoms with Gasteiger partial charge >= 0.3 is 6.18 Å². The quantitative estimate of drug-likeness (QED) is 0.793. The zero-order chi connectivity index (χ0) is 13.3. The monoisotopic (exact) mass is 254 g/mol. The minimum Gasteiger partial charge on any atom is -0.383 e. The molecule has 0 aromatic rings. The van der Waals surface area contributed by atoms with Gasteiger partial charge in [-0.1, -0.05) is 0 Å². The van der Waals surface area contributed by atoms with Gasteiger partial charge in [-0.15, -0.1) is 0 Å². The molecule has 1 aliphatic carbocycles. The van der Waals surface area contributed by atoms with Gasteiger partial charge in [0.2, 0.25) is 0 Å². The van der Waals surface area contributed by atoms with E-state index in [1.165, 1.54) is 12.0 Å². The Morgan fingerprint density at radius 1 is 1.47 bits per heavy atom. The number of carbonyl (C=O) groups excluding carboxylic acids is 1. The van der Waals surface area contributed by atoms with Crippen LogP contribution < -0.4 is 5.73 Å². The molecule has 0 radical (unpaired) electrons. The van der Waals surface area contributed by atoms with Crippen LogP contribution in [0.25, 0.3) is 0 Å². The van der Waals surface area contributed by atoms with Gasteiger partial charge < -0.3 is 15.4 Å². The number of halogens is 3. The predicted molar refractivity (Wildman–Crippen MR) is 55.3 cm³/mol. The molecule has 100 valence electrons. The summed E-state index contributed by atoms with van der Waals surface area (Å²) >= 11 is 0. The Balaban J connectivity index is 2.77. The van der Waals surface area contributed by atoms with Crippen LogP contribution in [0.5, 0.6) is 0 Å². The van der Waals surface area contributed by atoms with Crippen molar-refractivity contribution in [1.82, 2.24) is 4.90 Å². The molecular formula is C10H17F3N2O2. The van der Waals surface area contributed by atoms with Crippen LogP contribution in [0.1, 0.15) is 19.8 Å². The van der Waals surface area contributed by atoms with Gasteiger partial charge in [0.1, 0.15) is 0 Å². The Morgan fingerprint density at radius 2 is 2.00 bits per heavy atom. The third kappa shape index (κ3) is 3.10. The summed E-state index contributed by atoms with van der Waals surface area (Å²) in [6, 6.07) is -0.122. The maximum Gasteiger partial charge on any atom is 0.415 e. The van der Waals surface area contributed by atoms with Gasteiger partial charge in [-0.3, -0.25) is 4.79 Å². The molecule has 1 saturated carbocycles. The van der Waals surface area contributed by atoms with Crippen molar-refractivity contribution in [2.45, 2.75) is 37.5 Å². The van der Waals surface area contributed by atoms with Crippen LogP contribution in [-0.4, -0.2) is 48.8 Å². The zero-order valence-electron chi connectivity index (χ0n) is 9.88. The topological polar surface area (TPSA) is 55.6 Å². The summed E-state index contributed by atoms with van der Waals surface area (Å²) in [7, 11) is 1.43. The highest BCUT2D eigenvalue weighted by Crippen LogP contribution is 2.34. The minimum absolute atomic E-state index is 0.122.